The number of likely N-dealkylation sites (tertiary alicyclic amines) is 1. The maximum Gasteiger partial charge on any atom is 0.240 e. The van der Waals surface area contributed by atoms with Crippen molar-refractivity contribution in [3.05, 3.63) is 71.3 Å². The van der Waals surface area contributed by atoms with Crippen LogP contribution in [0.5, 0.6) is 0 Å². The summed E-state index contributed by atoms with van der Waals surface area (Å²) in [6, 6.07) is 18.5. The number of amides is 1. The van der Waals surface area contributed by atoms with Gasteiger partial charge in [-0.2, -0.15) is 0 Å². The van der Waals surface area contributed by atoms with Crippen LogP contribution < -0.4 is 11.1 Å². The topological polar surface area (TPSA) is 58.4 Å². The molecule has 1 unspecified atom stereocenters. The molecule has 124 valence electrons. The predicted molar refractivity (Wildman–Crippen MR) is 94.5 cm³/mol. The van der Waals surface area contributed by atoms with Crippen LogP contribution in [0, 0.1) is 0 Å². The molecule has 24 heavy (non-hydrogen) atoms. The van der Waals surface area contributed by atoms with Gasteiger partial charge in [-0.3, -0.25) is 4.79 Å². The van der Waals surface area contributed by atoms with Gasteiger partial charge in [-0.25, -0.2) is 0 Å². The van der Waals surface area contributed by atoms with Crippen LogP contribution in [0.25, 0.3) is 0 Å². The van der Waals surface area contributed by atoms with Crippen molar-refractivity contribution in [1.82, 2.24) is 10.2 Å². The average molecular weight is 321 g/mol. The van der Waals surface area contributed by atoms with Gasteiger partial charge < -0.3 is 16.0 Å². The van der Waals surface area contributed by atoms with E-state index in [0.717, 1.165) is 13.0 Å². The highest BCUT2D eigenvalue weighted by atomic mass is 16.2. The maximum absolute atomic E-state index is 12.9. The average Bonchev–Trinajstić information content (AvgIpc) is 3.03. The van der Waals surface area contributed by atoms with Crippen LogP contribution in [0.4, 0.5) is 0 Å². The normalized spacial score (nSPS) is 26.2. The second kappa shape index (κ2) is 6.38. The summed E-state index contributed by atoms with van der Waals surface area (Å²) < 4.78 is 0. The van der Waals surface area contributed by atoms with Gasteiger partial charge in [-0.1, -0.05) is 54.6 Å². The van der Waals surface area contributed by atoms with Crippen LogP contribution in [-0.2, 0) is 17.8 Å². The lowest BCUT2D eigenvalue weighted by Crippen LogP contribution is -2.49. The summed E-state index contributed by atoms with van der Waals surface area (Å²) in [5.41, 5.74) is 10.1. The minimum Gasteiger partial charge on any atom is -0.339 e. The van der Waals surface area contributed by atoms with Gasteiger partial charge in [0.25, 0.3) is 0 Å². The lowest BCUT2D eigenvalue weighted by Gasteiger charge is -2.29. The molecule has 1 amide bonds. The molecule has 1 saturated heterocycles. The molecular formula is C20H23N3O. The molecular weight excluding hydrogens is 298 g/mol. The second-order valence-electron chi connectivity index (χ2n) is 6.83. The Kier molecular flexibility index (Phi) is 4.08. The van der Waals surface area contributed by atoms with Crippen LogP contribution in [0.15, 0.2) is 54.6 Å². The van der Waals surface area contributed by atoms with E-state index in [1.165, 1.54) is 16.7 Å². The number of hydrogen-bond donors (Lipinski definition) is 2. The molecule has 2 aromatic carbocycles. The monoisotopic (exact) mass is 321 g/mol. The molecule has 0 saturated carbocycles. The molecule has 3 N–H and O–H groups in total. The van der Waals surface area contributed by atoms with Crippen molar-refractivity contribution in [1.29, 1.82) is 0 Å². The van der Waals surface area contributed by atoms with E-state index in [4.69, 9.17) is 5.73 Å². The molecule has 0 bridgehead atoms. The smallest absolute Gasteiger partial charge is 0.240 e. The van der Waals surface area contributed by atoms with Gasteiger partial charge in [0.2, 0.25) is 5.91 Å². The number of fused-ring (bicyclic) bond motifs is 1. The highest BCUT2D eigenvalue weighted by molar-refractivity contribution is 5.83. The first-order valence-electron chi connectivity index (χ1n) is 8.62. The summed E-state index contributed by atoms with van der Waals surface area (Å²) in [5.74, 6) is 0.407. The minimum absolute atomic E-state index is 0.00669. The summed E-state index contributed by atoms with van der Waals surface area (Å²) in [7, 11) is 0. The molecule has 0 aromatic heterocycles. The minimum atomic E-state index is -0.137. The predicted octanol–water partition coefficient (Wildman–Crippen LogP) is 1.65. The zero-order valence-electron chi connectivity index (χ0n) is 13.7. The van der Waals surface area contributed by atoms with Crippen molar-refractivity contribution < 1.29 is 4.79 Å². The van der Waals surface area contributed by atoms with Gasteiger partial charge in [-0.15, -0.1) is 0 Å². The Bertz CT molecular complexity index is 731. The number of benzene rings is 2. The number of nitrogens with zero attached hydrogens (tertiary/aromatic N) is 1. The molecule has 2 aromatic rings. The number of nitrogens with one attached hydrogen (secondary N) is 1. The van der Waals surface area contributed by atoms with E-state index in [1.54, 1.807) is 0 Å². The van der Waals surface area contributed by atoms with Crippen molar-refractivity contribution in [2.75, 3.05) is 13.1 Å². The molecule has 2 aliphatic rings. The van der Waals surface area contributed by atoms with Crippen LogP contribution in [0.2, 0.25) is 0 Å². The Balaban J connectivity index is 1.46. The van der Waals surface area contributed by atoms with Gasteiger partial charge in [0, 0.05) is 31.6 Å². The SMILES string of the molecule is N[C@@H]1CN(C(=O)C2Cc3ccccc3CN2)C[C@H]1c1ccccc1. The zero-order valence-corrected chi connectivity index (χ0v) is 13.7. The van der Waals surface area contributed by atoms with Gasteiger partial charge in [0.15, 0.2) is 0 Å². The fourth-order valence-electron chi connectivity index (χ4n) is 3.91. The number of nitrogens with two attached hydrogens (primary N) is 1. The highest BCUT2D eigenvalue weighted by Crippen LogP contribution is 2.27. The first-order chi connectivity index (χ1) is 11.7. The Hall–Kier alpha value is -2.17. The molecule has 4 heteroatoms. The number of hydrogen-bond acceptors (Lipinski definition) is 3. The fourth-order valence-corrected chi connectivity index (χ4v) is 3.91. The molecule has 0 radical (unpaired) electrons. The third-order valence-corrected chi connectivity index (χ3v) is 5.28. The Morgan fingerprint density at radius 2 is 1.71 bits per heavy atom. The lowest BCUT2D eigenvalue weighted by atomic mass is 9.95. The van der Waals surface area contributed by atoms with E-state index >= 15 is 0 Å². The van der Waals surface area contributed by atoms with Crippen molar-refractivity contribution >= 4 is 5.91 Å². The van der Waals surface area contributed by atoms with Gasteiger partial charge in [0.1, 0.15) is 0 Å². The van der Waals surface area contributed by atoms with E-state index in [-0.39, 0.29) is 23.9 Å². The first kappa shape index (κ1) is 15.4. The van der Waals surface area contributed by atoms with Crippen molar-refractivity contribution in [3.63, 3.8) is 0 Å². The van der Waals surface area contributed by atoms with E-state index < -0.39 is 0 Å². The van der Waals surface area contributed by atoms with E-state index in [2.05, 4.69) is 29.6 Å². The molecule has 3 atom stereocenters. The number of carbonyl (C=O) groups is 1. The van der Waals surface area contributed by atoms with Crippen LogP contribution >= 0.6 is 0 Å². The molecule has 4 rings (SSSR count). The third kappa shape index (κ3) is 2.83. The molecule has 0 spiro atoms. The number of rotatable bonds is 2. The van der Waals surface area contributed by atoms with Gasteiger partial charge in [-0.05, 0) is 23.1 Å². The summed E-state index contributed by atoms with van der Waals surface area (Å²) in [4.78, 5) is 14.9. The largest absolute Gasteiger partial charge is 0.339 e. The Labute approximate surface area is 142 Å². The summed E-state index contributed by atoms with van der Waals surface area (Å²) in [6.07, 6.45) is 0.761. The van der Waals surface area contributed by atoms with Crippen molar-refractivity contribution in [3.8, 4) is 0 Å². The van der Waals surface area contributed by atoms with E-state index in [0.29, 0.717) is 13.1 Å². The second-order valence-corrected chi connectivity index (χ2v) is 6.83. The maximum atomic E-state index is 12.9. The fraction of sp³-hybridized carbons (Fsp3) is 0.350. The molecule has 0 aliphatic carbocycles. The molecule has 4 nitrogen and oxygen atoms in total. The standard InChI is InChI=1S/C20H23N3O/c21-18-13-23(12-17(18)14-6-2-1-3-7-14)20(24)19-10-15-8-4-5-9-16(15)11-22-19/h1-9,17-19,22H,10-13,21H2/t17-,18+,19?/m0/s1. The highest BCUT2D eigenvalue weighted by Gasteiger charge is 2.37. The van der Waals surface area contributed by atoms with Gasteiger partial charge >= 0.3 is 0 Å². The molecule has 1 fully saturated rings. The summed E-state index contributed by atoms with van der Waals surface area (Å²) in [6.45, 7) is 2.11. The van der Waals surface area contributed by atoms with Crippen molar-refractivity contribution in [2.45, 2.75) is 31.0 Å². The quantitative estimate of drug-likeness (QED) is 0.884. The molecule has 2 heterocycles. The van der Waals surface area contributed by atoms with Crippen LogP contribution in [0.1, 0.15) is 22.6 Å². The first-order valence-corrected chi connectivity index (χ1v) is 8.62. The summed E-state index contributed by atoms with van der Waals surface area (Å²) >= 11 is 0. The number of carbonyl (C=O) groups excluding carboxylic acids is 1. The summed E-state index contributed by atoms with van der Waals surface area (Å²) in [5, 5.41) is 3.39. The third-order valence-electron chi connectivity index (χ3n) is 5.28. The van der Waals surface area contributed by atoms with Crippen LogP contribution in [0.3, 0.4) is 0 Å². The van der Waals surface area contributed by atoms with E-state index in [1.807, 2.05) is 35.2 Å². The van der Waals surface area contributed by atoms with Crippen molar-refractivity contribution in [2.24, 2.45) is 5.73 Å². The lowest BCUT2D eigenvalue weighted by molar-refractivity contribution is -0.132. The Morgan fingerprint density at radius 3 is 2.50 bits per heavy atom. The van der Waals surface area contributed by atoms with E-state index in [9.17, 15) is 4.79 Å². The van der Waals surface area contributed by atoms with Gasteiger partial charge in [0.05, 0.1) is 6.04 Å². The molecule has 2 aliphatic heterocycles. The zero-order chi connectivity index (χ0) is 16.5. The van der Waals surface area contributed by atoms with Crippen LogP contribution in [-0.4, -0.2) is 36.0 Å². The Morgan fingerprint density at radius 1 is 1.00 bits per heavy atom.